The number of hydrogen-bond acceptors (Lipinski definition) is 2. The molecule has 2 nitrogen and oxygen atoms in total. The third kappa shape index (κ3) is 1.95. The summed E-state index contributed by atoms with van der Waals surface area (Å²) in [5, 5.41) is 10.1. The van der Waals surface area contributed by atoms with Crippen molar-refractivity contribution in [3.05, 3.63) is 11.8 Å². The van der Waals surface area contributed by atoms with Crippen molar-refractivity contribution in [2.45, 2.75) is 45.1 Å². The van der Waals surface area contributed by atoms with Crippen LogP contribution in [0.25, 0.3) is 0 Å². The quantitative estimate of drug-likeness (QED) is 0.751. The zero-order valence-corrected chi connectivity index (χ0v) is 8.91. The molecular formula is C12H20O2. The Hall–Kier alpha value is -0.500. The van der Waals surface area contributed by atoms with E-state index in [9.17, 15) is 5.11 Å². The van der Waals surface area contributed by atoms with Gasteiger partial charge < -0.3 is 9.84 Å². The Morgan fingerprint density at radius 1 is 1.43 bits per heavy atom. The summed E-state index contributed by atoms with van der Waals surface area (Å²) in [6.45, 7) is 2.98. The van der Waals surface area contributed by atoms with E-state index in [-0.39, 0.29) is 6.10 Å². The highest BCUT2D eigenvalue weighted by atomic mass is 16.5. The lowest BCUT2D eigenvalue weighted by Crippen LogP contribution is -2.31. The van der Waals surface area contributed by atoms with Gasteiger partial charge in [0.2, 0.25) is 0 Å². The number of ether oxygens (including phenoxy) is 1. The van der Waals surface area contributed by atoms with Crippen LogP contribution in [-0.2, 0) is 4.74 Å². The van der Waals surface area contributed by atoms with E-state index in [1.165, 1.54) is 19.3 Å². The standard InChI is InChI=1S/C12H20O2/c1-9(10-4-2-5-10)12(13)11-6-3-7-14-8-11/h8-10,12-13H,2-7H2,1H3. The van der Waals surface area contributed by atoms with Gasteiger partial charge in [0.15, 0.2) is 0 Å². The summed E-state index contributed by atoms with van der Waals surface area (Å²) in [4.78, 5) is 0. The lowest BCUT2D eigenvalue weighted by molar-refractivity contribution is 0.0683. The van der Waals surface area contributed by atoms with Gasteiger partial charge in [-0.15, -0.1) is 0 Å². The molecule has 14 heavy (non-hydrogen) atoms. The van der Waals surface area contributed by atoms with Crippen LogP contribution in [0, 0.1) is 11.8 Å². The number of rotatable bonds is 3. The van der Waals surface area contributed by atoms with Gasteiger partial charge in [-0.25, -0.2) is 0 Å². The predicted molar refractivity (Wildman–Crippen MR) is 55.8 cm³/mol. The lowest BCUT2D eigenvalue weighted by Gasteiger charge is -2.35. The molecule has 1 aliphatic heterocycles. The first-order valence-electron chi connectivity index (χ1n) is 5.77. The summed E-state index contributed by atoms with van der Waals surface area (Å²) in [5.74, 6) is 1.16. The van der Waals surface area contributed by atoms with Crippen molar-refractivity contribution in [1.29, 1.82) is 0 Å². The first kappa shape index (κ1) is 10.0. The monoisotopic (exact) mass is 196 g/mol. The van der Waals surface area contributed by atoms with Crippen LogP contribution in [-0.4, -0.2) is 17.8 Å². The maximum atomic E-state index is 10.1. The Bertz CT molecular complexity index is 218. The fraction of sp³-hybridized carbons (Fsp3) is 0.833. The highest BCUT2D eigenvalue weighted by Crippen LogP contribution is 2.37. The lowest BCUT2D eigenvalue weighted by atomic mass is 9.73. The van der Waals surface area contributed by atoms with Crippen LogP contribution in [0.1, 0.15) is 39.0 Å². The third-order valence-corrected chi connectivity index (χ3v) is 3.73. The molecule has 0 saturated heterocycles. The van der Waals surface area contributed by atoms with Gasteiger partial charge in [-0.1, -0.05) is 26.2 Å². The molecule has 0 aromatic heterocycles. The second-order valence-electron chi connectivity index (χ2n) is 4.66. The minimum absolute atomic E-state index is 0.263. The molecule has 2 unspecified atom stereocenters. The van der Waals surface area contributed by atoms with E-state index in [4.69, 9.17) is 4.74 Å². The van der Waals surface area contributed by atoms with E-state index >= 15 is 0 Å². The number of hydrogen-bond donors (Lipinski definition) is 1. The highest BCUT2D eigenvalue weighted by Gasteiger charge is 2.31. The Balaban J connectivity index is 1.91. The number of aliphatic hydroxyl groups excluding tert-OH is 1. The Kier molecular flexibility index (Phi) is 3.12. The Morgan fingerprint density at radius 2 is 2.21 bits per heavy atom. The molecule has 0 spiro atoms. The molecule has 0 radical (unpaired) electrons. The summed E-state index contributed by atoms with van der Waals surface area (Å²) in [7, 11) is 0. The zero-order chi connectivity index (χ0) is 9.97. The van der Waals surface area contributed by atoms with Crippen LogP contribution in [0.2, 0.25) is 0 Å². The largest absolute Gasteiger partial charge is 0.501 e. The van der Waals surface area contributed by atoms with E-state index in [2.05, 4.69) is 6.92 Å². The molecule has 1 heterocycles. The van der Waals surface area contributed by atoms with Crippen molar-refractivity contribution in [2.75, 3.05) is 6.61 Å². The van der Waals surface area contributed by atoms with Gasteiger partial charge in [0, 0.05) is 0 Å². The summed E-state index contributed by atoms with van der Waals surface area (Å²) in [6, 6.07) is 0. The maximum absolute atomic E-state index is 10.1. The molecule has 2 rings (SSSR count). The Morgan fingerprint density at radius 3 is 2.71 bits per heavy atom. The molecule has 1 N–H and O–H groups in total. The smallest absolute Gasteiger partial charge is 0.0876 e. The molecule has 1 saturated carbocycles. The van der Waals surface area contributed by atoms with Crippen LogP contribution >= 0.6 is 0 Å². The fourth-order valence-electron chi connectivity index (χ4n) is 2.36. The minimum atomic E-state index is -0.263. The van der Waals surface area contributed by atoms with Crippen molar-refractivity contribution in [3.8, 4) is 0 Å². The first-order chi connectivity index (χ1) is 6.79. The summed E-state index contributed by atoms with van der Waals surface area (Å²) < 4.78 is 5.26. The molecule has 0 aromatic rings. The summed E-state index contributed by atoms with van der Waals surface area (Å²) >= 11 is 0. The van der Waals surface area contributed by atoms with E-state index in [1.807, 2.05) is 0 Å². The molecular weight excluding hydrogens is 176 g/mol. The molecule has 1 fully saturated rings. The van der Waals surface area contributed by atoms with Crippen molar-refractivity contribution >= 4 is 0 Å². The van der Waals surface area contributed by atoms with E-state index in [0.717, 1.165) is 30.9 Å². The molecule has 1 aliphatic carbocycles. The molecule has 2 atom stereocenters. The molecule has 2 aliphatic rings. The van der Waals surface area contributed by atoms with Crippen LogP contribution < -0.4 is 0 Å². The van der Waals surface area contributed by atoms with Gasteiger partial charge in [0.25, 0.3) is 0 Å². The molecule has 2 heteroatoms. The normalized spacial score (nSPS) is 27.1. The number of aliphatic hydroxyl groups is 1. The fourth-order valence-corrected chi connectivity index (χ4v) is 2.36. The van der Waals surface area contributed by atoms with Crippen molar-refractivity contribution < 1.29 is 9.84 Å². The van der Waals surface area contributed by atoms with Gasteiger partial charge in [0.1, 0.15) is 0 Å². The van der Waals surface area contributed by atoms with Crippen LogP contribution in [0.15, 0.2) is 11.8 Å². The van der Waals surface area contributed by atoms with Crippen LogP contribution in [0.3, 0.4) is 0 Å². The van der Waals surface area contributed by atoms with Gasteiger partial charge in [-0.05, 0) is 30.3 Å². The topological polar surface area (TPSA) is 29.5 Å². The maximum Gasteiger partial charge on any atom is 0.0876 e. The average molecular weight is 196 g/mol. The minimum Gasteiger partial charge on any atom is -0.501 e. The van der Waals surface area contributed by atoms with Crippen molar-refractivity contribution in [2.24, 2.45) is 11.8 Å². The second kappa shape index (κ2) is 4.35. The second-order valence-corrected chi connectivity index (χ2v) is 4.66. The summed E-state index contributed by atoms with van der Waals surface area (Å²) in [5.41, 5.74) is 1.11. The van der Waals surface area contributed by atoms with E-state index < -0.39 is 0 Å². The predicted octanol–water partition coefficient (Wildman–Crippen LogP) is 2.48. The highest BCUT2D eigenvalue weighted by molar-refractivity contribution is 5.09. The molecule has 0 bridgehead atoms. The molecule has 80 valence electrons. The first-order valence-corrected chi connectivity index (χ1v) is 5.77. The summed E-state index contributed by atoms with van der Waals surface area (Å²) in [6.07, 6.45) is 7.53. The molecule has 0 aromatic carbocycles. The molecule has 0 amide bonds. The third-order valence-electron chi connectivity index (χ3n) is 3.73. The van der Waals surface area contributed by atoms with Crippen molar-refractivity contribution in [3.63, 3.8) is 0 Å². The van der Waals surface area contributed by atoms with Crippen LogP contribution in [0.4, 0.5) is 0 Å². The van der Waals surface area contributed by atoms with Gasteiger partial charge in [-0.3, -0.25) is 0 Å². The SMILES string of the molecule is CC(C1CCC1)C(O)C1=COCCC1. The van der Waals surface area contributed by atoms with Gasteiger partial charge in [0.05, 0.1) is 19.0 Å². The van der Waals surface area contributed by atoms with E-state index in [1.54, 1.807) is 6.26 Å². The van der Waals surface area contributed by atoms with Crippen LogP contribution in [0.5, 0.6) is 0 Å². The average Bonchev–Trinajstić information content (AvgIpc) is 2.15. The van der Waals surface area contributed by atoms with Gasteiger partial charge >= 0.3 is 0 Å². The zero-order valence-electron chi connectivity index (χ0n) is 8.91. The van der Waals surface area contributed by atoms with Crippen molar-refractivity contribution in [1.82, 2.24) is 0 Å². The van der Waals surface area contributed by atoms with E-state index in [0.29, 0.717) is 5.92 Å². The Labute approximate surface area is 86.0 Å². The van der Waals surface area contributed by atoms with Gasteiger partial charge in [-0.2, -0.15) is 0 Å².